The Balaban J connectivity index is 2.11. The van der Waals surface area contributed by atoms with Crippen molar-refractivity contribution in [1.29, 1.82) is 0 Å². The summed E-state index contributed by atoms with van der Waals surface area (Å²) in [5, 5.41) is 16.7. The molecule has 0 radical (unpaired) electrons. The third kappa shape index (κ3) is 1.91. The Morgan fingerprint density at radius 3 is 2.94 bits per heavy atom. The Kier molecular flexibility index (Phi) is 2.64. The summed E-state index contributed by atoms with van der Waals surface area (Å²) < 4.78 is 1.80. The summed E-state index contributed by atoms with van der Waals surface area (Å²) in [5.41, 5.74) is 1.46. The fourth-order valence-electron chi connectivity index (χ4n) is 1.45. The number of oxime groups is 1. The lowest BCUT2D eigenvalue weighted by Crippen LogP contribution is -2.19. The molecule has 16 heavy (non-hydrogen) atoms. The van der Waals surface area contributed by atoms with Crippen LogP contribution in [0.2, 0.25) is 0 Å². The molecule has 1 aliphatic heterocycles. The Labute approximate surface area is 92.5 Å². The fourth-order valence-corrected chi connectivity index (χ4v) is 1.45. The number of hydrogen-bond acceptors (Lipinski definition) is 4. The molecule has 0 bridgehead atoms. The lowest BCUT2D eigenvalue weighted by molar-refractivity contribution is -0.148. The number of carbonyl (C=O) groups is 1. The average Bonchev–Trinajstić information content (AvgIpc) is 2.86. The molecule has 0 amide bonds. The second kappa shape index (κ2) is 3.96. The number of hydrogen-bond donors (Lipinski definition) is 1. The molecule has 0 aliphatic carbocycles. The average molecular weight is 223 g/mol. The van der Waals surface area contributed by atoms with Crippen LogP contribution in [0.5, 0.6) is 0 Å². The van der Waals surface area contributed by atoms with Gasteiger partial charge in [-0.3, -0.25) is 4.68 Å². The maximum Gasteiger partial charge on any atom is 0.348 e. The van der Waals surface area contributed by atoms with Crippen LogP contribution in [0.15, 0.2) is 17.5 Å². The van der Waals surface area contributed by atoms with Gasteiger partial charge < -0.3 is 9.94 Å². The first kappa shape index (κ1) is 10.7. The van der Waals surface area contributed by atoms with Gasteiger partial charge in [0, 0.05) is 24.2 Å². The third-order valence-corrected chi connectivity index (χ3v) is 2.41. The van der Waals surface area contributed by atoms with E-state index < -0.39 is 12.1 Å². The maximum atomic E-state index is 10.7. The first-order valence-electron chi connectivity index (χ1n) is 5.08. The van der Waals surface area contributed by atoms with Crippen molar-refractivity contribution >= 4 is 11.7 Å². The van der Waals surface area contributed by atoms with Crippen molar-refractivity contribution < 1.29 is 14.7 Å². The summed E-state index contributed by atoms with van der Waals surface area (Å²) in [5.74, 6) is -0.991. The van der Waals surface area contributed by atoms with Gasteiger partial charge in [0.1, 0.15) is 0 Å². The highest BCUT2D eigenvalue weighted by Crippen LogP contribution is 2.17. The van der Waals surface area contributed by atoms with Gasteiger partial charge in [-0.1, -0.05) is 5.16 Å². The zero-order chi connectivity index (χ0) is 11.7. The minimum atomic E-state index is -0.991. The van der Waals surface area contributed by atoms with Gasteiger partial charge in [0.05, 0.1) is 11.9 Å². The van der Waals surface area contributed by atoms with Gasteiger partial charge in [0.2, 0.25) is 6.10 Å². The standard InChI is InChI=1S/C10H13N3O3/c1-6(2)13-5-7(4-11-13)8-3-9(10(14)15)16-12-8/h4-6,9H,3H2,1-2H3,(H,14,15). The summed E-state index contributed by atoms with van der Waals surface area (Å²) in [6, 6.07) is 0.270. The van der Waals surface area contributed by atoms with E-state index in [9.17, 15) is 4.79 Å². The van der Waals surface area contributed by atoms with E-state index in [2.05, 4.69) is 10.3 Å². The molecule has 0 saturated heterocycles. The van der Waals surface area contributed by atoms with E-state index in [1.54, 1.807) is 10.9 Å². The SMILES string of the molecule is CC(C)n1cc(C2=NOC(C(=O)O)C2)cn1. The van der Waals surface area contributed by atoms with Crippen LogP contribution in [0.1, 0.15) is 31.9 Å². The van der Waals surface area contributed by atoms with Crippen molar-refractivity contribution in [3.05, 3.63) is 18.0 Å². The Hall–Kier alpha value is -1.85. The molecule has 0 aromatic carbocycles. The molecule has 0 spiro atoms. The highest BCUT2D eigenvalue weighted by Gasteiger charge is 2.28. The van der Waals surface area contributed by atoms with Crippen LogP contribution in [0.25, 0.3) is 0 Å². The molecule has 0 saturated carbocycles. The summed E-state index contributed by atoms with van der Waals surface area (Å²) >= 11 is 0. The molecule has 1 N–H and O–H groups in total. The van der Waals surface area contributed by atoms with E-state index in [4.69, 9.17) is 9.94 Å². The number of aliphatic carboxylic acids is 1. The van der Waals surface area contributed by atoms with E-state index in [0.29, 0.717) is 12.1 Å². The number of aromatic nitrogens is 2. The summed E-state index contributed by atoms with van der Waals surface area (Å²) in [7, 11) is 0. The van der Waals surface area contributed by atoms with Gasteiger partial charge in [-0.15, -0.1) is 0 Å². The van der Waals surface area contributed by atoms with E-state index in [1.807, 2.05) is 20.0 Å². The molecule has 6 nitrogen and oxygen atoms in total. The summed E-state index contributed by atoms with van der Waals surface area (Å²) in [6.07, 6.45) is 2.94. The second-order valence-corrected chi connectivity index (χ2v) is 3.98. The van der Waals surface area contributed by atoms with Gasteiger partial charge in [-0.05, 0) is 13.8 Å². The van der Waals surface area contributed by atoms with Crippen molar-refractivity contribution in [2.24, 2.45) is 5.16 Å². The zero-order valence-electron chi connectivity index (χ0n) is 9.12. The fraction of sp³-hybridized carbons (Fsp3) is 0.500. The van der Waals surface area contributed by atoms with E-state index >= 15 is 0 Å². The number of carboxylic acid groups (broad SMARTS) is 1. The molecular formula is C10H13N3O3. The quantitative estimate of drug-likeness (QED) is 0.830. The molecule has 1 unspecified atom stereocenters. The largest absolute Gasteiger partial charge is 0.478 e. The van der Waals surface area contributed by atoms with Gasteiger partial charge >= 0.3 is 5.97 Å². The number of carboxylic acids is 1. The Bertz CT molecular complexity index is 436. The number of rotatable bonds is 3. The zero-order valence-corrected chi connectivity index (χ0v) is 9.12. The van der Waals surface area contributed by atoms with Crippen molar-refractivity contribution in [3.63, 3.8) is 0 Å². The van der Waals surface area contributed by atoms with Gasteiger partial charge in [0.25, 0.3) is 0 Å². The molecule has 1 atom stereocenters. The molecule has 1 aliphatic rings. The van der Waals surface area contributed by atoms with E-state index in [1.165, 1.54) is 0 Å². The Morgan fingerprint density at radius 1 is 1.69 bits per heavy atom. The van der Waals surface area contributed by atoms with Crippen molar-refractivity contribution in [2.75, 3.05) is 0 Å². The highest BCUT2D eigenvalue weighted by atomic mass is 16.7. The monoisotopic (exact) mass is 223 g/mol. The smallest absolute Gasteiger partial charge is 0.348 e. The maximum absolute atomic E-state index is 10.7. The topological polar surface area (TPSA) is 76.7 Å². The lowest BCUT2D eigenvalue weighted by atomic mass is 10.1. The number of nitrogens with zero attached hydrogens (tertiary/aromatic N) is 3. The van der Waals surface area contributed by atoms with E-state index in [0.717, 1.165) is 5.56 Å². The van der Waals surface area contributed by atoms with Gasteiger partial charge in [-0.25, -0.2) is 4.79 Å². The Morgan fingerprint density at radius 2 is 2.44 bits per heavy atom. The van der Waals surface area contributed by atoms with Crippen LogP contribution < -0.4 is 0 Å². The first-order valence-corrected chi connectivity index (χ1v) is 5.08. The van der Waals surface area contributed by atoms with Crippen molar-refractivity contribution in [3.8, 4) is 0 Å². The summed E-state index contributed by atoms with van der Waals surface area (Å²) in [6.45, 7) is 4.04. The molecule has 1 aromatic heterocycles. The van der Waals surface area contributed by atoms with E-state index in [-0.39, 0.29) is 6.04 Å². The summed E-state index contributed by atoms with van der Waals surface area (Å²) in [4.78, 5) is 15.5. The molecular weight excluding hydrogens is 210 g/mol. The van der Waals surface area contributed by atoms with Crippen LogP contribution in [-0.2, 0) is 9.63 Å². The predicted octanol–water partition coefficient (Wildman–Crippen LogP) is 1.04. The minimum absolute atomic E-state index is 0.270. The minimum Gasteiger partial charge on any atom is -0.478 e. The molecule has 2 heterocycles. The molecule has 1 aromatic rings. The van der Waals surface area contributed by atoms with Crippen LogP contribution in [0.4, 0.5) is 0 Å². The molecule has 86 valence electrons. The van der Waals surface area contributed by atoms with Crippen molar-refractivity contribution in [2.45, 2.75) is 32.4 Å². The molecule has 6 heteroatoms. The van der Waals surface area contributed by atoms with Crippen LogP contribution in [-0.4, -0.2) is 32.7 Å². The van der Waals surface area contributed by atoms with Crippen LogP contribution in [0.3, 0.4) is 0 Å². The van der Waals surface area contributed by atoms with Crippen LogP contribution >= 0.6 is 0 Å². The second-order valence-electron chi connectivity index (χ2n) is 3.98. The molecule has 0 fully saturated rings. The van der Waals surface area contributed by atoms with Gasteiger partial charge in [0.15, 0.2) is 0 Å². The predicted molar refractivity (Wildman–Crippen MR) is 56.3 cm³/mol. The first-order chi connectivity index (χ1) is 7.58. The highest BCUT2D eigenvalue weighted by molar-refractivity contribution is 6.03. The van der Waals surface area contributed by atoms with Crippen LogP contribution in [0, 0.1) is 0 Å². The molecule has 2 rings (SSSR count). The lowest BCUT2D eigenvalue weighted by Gasteiger charge is -2.02. The third-order valence-electron chi connectivity index (χ3n) is 2.41. The van der Waals surface area contributed by atoms with Gasteiger partial charge in [-0.2, -0.15) is 5.10 Å². The van der Waals surface area contributed by atoms with Crippen molar-refractivity contribution in [1.82, 2.24) is 9.78 Å². The normalized spacial score (nSPS) is 19.7.